The van der Waals surface area contributed by atoms with Gasteiger partial charge in [0, 0.05) is 25.2 Å². The molecule has 0 spiro atoms. The monoisotopic (exact) mass is 395 g/mol. The van der Waals surface area contributed by atoms with Crippen LogP contribution in [0, 0.1) is 0 Å². The van der Waals surface area contributed by atoms with Gasteiger partial charge in [-0.1, -0.05) is 6.07 Å². The highest BCUT2D eigenvalue weighted by Gasteiger charge is 2.28. The van der Waals surface area contributed by atoms with Gasteiger partial charge in [-0.3, -0.25) is 15.0 Å². The first-order valence-electron chi connectivity index (χ1n) is 9.71. The number of anilines is 1. The van der Waals surface area contributed by atoms with Crippen molar-refractivity contribution in [2.75, 3.05) is 25.6 Å². The lowest BCUT2D eigenvalue weighted by Crippen LogP contribution is -2.16. The number of H-pyrrole nitrogens is 2. The molecule has 0 amide bonds. The minimum atomic E-state index is -0.282. The molecule has 0 unspecified atom stereocenters. The van der Waals surface area contributed by atoms with E-state index in [1.54, 1.807) is 13.2 Å². The Kier molecular flexibility index (Phi) is 4.74. The van der Waals surface area contributed by atoms with Crippen LogP contribution in [0.25, 0.3) is 22.4 Å². The zero-order valence-corrected chi connectivity index (χ0v) is 16.7. The first-order chi connectivity index (χ1) is 13.9. The average Bonchev–Trinajstić information content (AvgIpc) is 3.49. The van der Waals surface area contributed by atoms with Gasteiger partial charge in [0.2, 0.25) is 0 Å². The fourth-order valence-electron chi connectivity index (χ4n) is 3.66. The minimum Gasteiger partial charge on any atom is -0.508 e. The summed E-state index contributed by atoms with van der Waals surface area (Å²) >= 11 is 0. The Morgan fingerprint density at radius 1 is 1.14 bits per heavy atom. The number of aromatic hydroxyl groups is 2. The van der Waals surface area contributed by atoms with Gasteiger partial charge in [-0.05, 0) is 55.0 Å². The van der Waals surface area contributed by atoms with Crippen LogP contribution in [-0.4, -0.2) is 41.1 Å². The van der Waals surface area contributed by atoms with E-state index in [2.05, 4.69) is 10.2 Å². The molecule has 29 heavy (non-hydrogen) atoms. The van der Waals surface area contributed by atoms with E-state index in [1.165, 1.54) is 6.07 Å². The number of methoxy groups -OCH3 is 1. The van der Waals surface area contributed by atoms with Crippen LogP contribution < -0.4 is 15.2 Å². The number of rotatable bonds is 6. The Labute approximate surface area is 168 Å². The van der Waals surface area contributed by atoms with Crippen molar-refractivity contribution in [3.05, 3.63) is 46.2 Å². The third-order valence-corrected chi connectivity index (χ3v) is 5.56. The SMILES string of the molecule is CCN(C)c1cc(-c2c(-c3cc(C4CC4)c(O)cc3O)[nH][nH]c2=O)ccc1OC. The molecule has 1 aromatic heterocycles. The van der Waals surface area contributed by atoms with Gasteiger partial charge in [-0.2, -0.15) is 0 Å². The average molecular weight is 395 g/mol. The maximum Gasteiger partial charge on any atom is 0.272 e. The number of aromatic amines is 2. The van der Waals surface area contributed by atoms with Crippen molar-refractivity contribution in [3.8, 4) is 39.6 Å². The molecule has 1 aliphatic rings. The van der Waals surface area contributed by atoms with Gasteiger partial charge in [0.25, 0.3) is 5.56 Å². The van der Waals surface area contributed by atoms with Crippen LogP contribution in [0.15, 0.2) is 35.1 Å². The summed E-state index contributed by atoms with van der Waals surface area (Å²) in [5.41, 5.74) is 3.50. The molecule has 1 saturated carbocycles. The maximum absolute atomic E-state index is 12.7. The summed E-state index contributed by atoms with van der Waals surface area (Å²) in [6, 6.07) is 8.69. The summed E-state index contributed by atoms with van der Waals surface area (Å²) in [6.45, 7) is 2.81. The molecule has 1 fully saturated rings. The Balaban J connectivity index is 1.88. The van der Waals surface area contributed by atoms with Crippen molar-refractivity contribution in [1.82, 2.24) is 10.2 Å². The van der Waals surface area contributed by atoms with E-state index >= 15 is 0 Å². The fraction of sp³-hybridized carbons (Fsp3) is 0.318. The number of phenolic OH excluding ortho intramolecular Hbond substituents is 2. The van der Waals surface area contributed by atoms with Crippen LogP contribution >= 0.6 is 0 Å². The largest absolute Gasteiger partial charge is 0.508 e. The van der Waals surface area contributed by atoms with Crippen LogP contribution in [0.4, 0.5) is 5.69 Å². The van der Waals surface area contributed by atoms with Crippen LogP contribution in [0.1, 0.15) is 31.2 Å². The lowest BCUT2D eigenvalue weighted by molar-refractivity contribution is 0.415. The topological polar surface area (TPSA) is 102 Å². The van der Waals surface area contributed by atoms with Crippen molar-refractivity contribution in [2.24, 2.45) is 0 Å². The summed E-state index contributed by atoms with van der Waals surface area (Å²) in [5, 5.41) is 26.2. The molecule has 2 aromatic carbocycles. The highest BCUT2D eigenvalue weighted by molar-refractivity contribution is 5.85. The number of hydrogen-bond acceptors (Lipinski definition) is 5. The van der Waals surface area contributed by atoms with Crippen LogP contribution in [-0.2, 0) is 0 Å². The van der Waals surface area contributed by atoms with E-state index in [0.29, 0.717) is 28.3 Å². The predicted molar refractivity (Wildman–Crippen MR) is 113 cm³/mol. The van der Waals surface area contributed by atoms with E-state index in [0.717, 1.165) is 36.4 Å². The lowest BCUT2D eigenvalue weighted by Gasteiger charge is -2.20. The van der Waals surface area contributed by atoms with Crippen molar-refractivity contribution in [3.63, 3.8) is 0 Å². The molecule has 0 radical (unpaired) electrons. The normalized spacial score (nSPS) is 13.5. The van der Waals surface area contributed by atoms with E-state index in [4.69, 9.17) is 4.74 Å². The molecular weight excluding hydrogens is 370 g/mol. The van der Waals surface area contributed by atoms with Crippen molar-refractivity contribution in [1.29, 1.82) is 0 Å². The number of nitrogens with zero attached hydrogens (tertiary/aromatic N) is 1. The third-order valence-electron chi connectivity index (χ3n) is 5.56. The second-order valence-electron chi connectivity index (χ2n) is 7.43. The second-order valence-corrected chi connectivity index (χ2v) is 7.43. The molecule has 4 rings (SSSR count). The predicted octanol–water partition coefficient (Wildman–Crippen LogP) is 3.79. The molecule has 1 aliphatic carbocycles. The molecule has 0 aliphatic heterocycles. The Morgan fingerprint density at radius 3 is 2.55 bits per heavy atom. The van der Waals surface area contributed by atoms with Gasteiger partial charge in [0.05, 0.1) is 24.1 Å². The first kappa shape index (κ1) is 19.0. The fourth-order valence-corrected chi connectivity index (χ4v) is 3.66. The maximum atomic E-state index is 12.7. The van der Waals surface area contributed by atoms with Crippen molar-refractivity contribution < 1.29 is 14.9 Å². The summed E-state index contributed by atoms with van der Waals surface area (Å²) in [6.07, 6.45) is 2.03. The molecule has 1 heterocycles. The molecule has 7 nitrogen and oxygen atoms in total. The van der Waals surface area contributed by atoms with E-state index in [9.17, 15) is 15.0 Å². The standard InChI is InChI=1S/C22H25N3O4/c1-4-25(2)16-9-13(7-8-19(16)29-3)20-21(23-24-22(20)28)15-10-14(12-5-6-12)17(26)11-18(15)27/h7-12,26-27H,4-6H2,1-3H3,(H2,23,24,28). The van der Waals surface area contributed by atoms with Crippen molar-refractivity contribution >= 4 is 5.69 Å². The van der Waals surface area contributed by atoms with Gasteiger partial charge in [-0.25, -0.2) is 0 Å². The molecule has 0 bridgehead atoms. The zero-order chi connectivity index (χ0) is 20.7. The first-order valence-corrected chi connectivity index (χ1v) is 9.71. The number of phenols is 2. The third kappa shape index (κ3) is 3.33. The number of nitrogens with one attached hydrogen (secondary N) is 2. The number of ether oxygens (including phenoxy) is 1. The highest BCUT2D eigenvalue weighted by Crippen LogP contribution is 2.48. The minimum absolute atomic E-state index is 0.0807. The number of aromatic nitrogens is 2. The van der Waals surface area contributed by atoms with Gasteiger partial charge in [-0.15, -0.1) is 0 Å². The van der Waals surface area contributed by atoms with Gasteiger partial charge >= 0.3 is 0 Å². The molecule has 3 aromatic rings. The second kappa shape index (κ2) is 7.24. The van der Waals surface area contributed by atoms with E-state index in [1.807, 2.05) is 37.1 Å². The highest BCUT2D eigenvalue weighted by atomic mass is 16.5. The zero-order valence-electron chi connectivity index (χ0n) is 16.7. The van der Waals surface area contributed by atoms with E-state index < -0.39 is 0 Å². The summed E-state index contributed by atoms with van der Waals surface area (Å²) < 4.78 is 5.46. The lowest BCUT2D eigenvalue weighted by atomic mass is 9.97. The molecule has 4 N–H and O–H groups in total. The van der Waals surface area contributed by atoms with Crippen LogP contribution in [0.3, 0.4) is 0 Å². The summed E-state index contributed by atoms with van der Waals surface area (Å²) in [4.78, 5) is 14.7. The van der Waals surface area contributed by atoms with Gasteiger partial charge < -0.3 is 19.8 Å². The molecule has 0 saturated heterocycles. The molecule has 152 valence electrons. The molecule has 7 heteroatoms. The Hall–Kier alpha value is -3.35. The number of benzene rings is 2. The van der Waals surface area contributed by atoms with Crippen molar-refractivity contribution in [2.45, 2.75) is 25.7 Å². The van der Waals surface area contributed by atoms with Gasteiger partial charge in [0.15, 0.2) is 0 Å². The Bertz CT molecular complexity index is 1110. The van der Waals surface area contributed by atoms with Crippen LogP contribution in [0.2, 0.25) is 0 Å². The summed E-state index contributed by atoms with van der Waals surface area (Å²) in [7, 11) is 3.57. The van der Waals surface area contributed by atoms with Gasteiger partial charge in [0.1, 0.15) is 17.2 Å². The molecule has 0 atom stereocenters. The van der Waals surface area contributed by atoms with E-state index in [-0.39, 0.29) is 17.1 Å². The Morgan fingerprint density at radius 2 is 1.90 bits per heavy atom. The molecular formula is C22H25N3O4. The van der Waals surface area contributed by atoms with Crippen LogP contribution in [0.5, 0.6) is 17.2 Å². The summed E-state index contributed by atoms with van der Waals surface area (Å²) in [5.74, 6) is 1.02. The smallest absolute Gasteiger partial charge is 0.272 e. The quantitative estimate of drug-likeness (QED) is 0.509. The number of hydrogen-bond donors (Lipinski definition) is 4.